The molecule has 0 spiro atoms. The Kier molecular flexibility index (Phi) is 4.54. The lowest BCUT2D eigenvalue weighted by molar-refractivity contribution is -0.116. The second kappa shape index (κ2) is 4.77. The van der Waals surface area contributed by atoms with E-state index in [0.29, 0.717) is 12.2 Å². The van der Waals surface area contributed by atoms with E-state index in [1.165, 1.54) is 6.92 Å². The summed E-state index contributed by atoms with van der Waals surface area (Å²) < 4.78 is 2.52. The number of hydrogen-bond acceptors (Lipinski definition) is 4. The number of Topliss-reactive ketones (excluding diaryl/α,β-unsaturated/α-hetero) is 1. The van der Waals surface area contributed by atoms with Gasteiger partial charge in [-0.15, -0.1) is 4.91 Å². The molecular formula is C4H7NO2S. The monoisotopic (exact) mass is 133 g/mol. The van der Waals surface area contributed by atoms with Crippen LogP contribution < -0.4 is 0 Å². The topological polar surface area (TPSA) is 46.5 Å². The molecule has 0 N–H and O–H groups in total. The van der Waals surface area contributed by atoms with Crippen molar-refractivity contribution in [3.05, 3.63) is 4.91 Å². The number of ketones is 1. The van der Waals surface area contributed by atoms with Crippen molar-refractivity contribution in [3.63, 3.8) is 0 Å². The van der Waals surface area contributed by atoms with Gasteiger partial charge in [0.05, 0.1) is 0 Å². The summed E-state index contributed by atoms with van der Waals surface area (Å²) in [7, 11) is 0. The second-order valence-corrected chi connectivity index (χ2v) is 2.18. The molecule has 0 aliphatic heterocycles. The number of carbonyl (C=O) groups is 1. The summed E-state index contributed by atoms with van der Waals surface area (Å²) in [5.41, 5.74) is 0. The first-order valence-electron chi connectivity index (χ1n) is 2.21. The zero-order chi connectivity index (χ0) is 6.41. The highest BCUT2D eigenvalue weighted by Gasteiger charge is 1.91. The predicted molar refractivity (Wildman–Crippen MR) is 33.6 cm³/mol. The van der Waals surface area contributed by atoms with Crippen LogP contribution in [0, 0.1) is 4.91 Å². The van der Waals surface area contributed by atoms with Crippen LogP contribution >= 0.6 is 11.9 Å². The van der Waals surface area contributed by atoms with Crippen molar-refractivity contribution in [2.75, 3.05) is 5.75 Å². The first-order chi connectivity index (χ1) is 3.77. The van der Waals surface area contributed by atoms with Gasteiger partial charge in [-0.2, -0.15) is 0 Å². The van der Waals surface area contributed by atoms with Gasteiger partial charge in [0.15, 0.2) is 0 Å². The third-order valence-corrected chi connectivity index (χ3v) is 1.09. The van der Waals surface area contributed by atoms with E-state index in [-0.39, 0.29) is 5.78 Å². The lowest BCUT2D eigenvalue weighted by Gasteiger charge is -1.84. The first kappa shape index (κ1) is 7.62. The Morgan fingerprint density at radius 3 is 2.75 bits per heavy atom. The fraction of sp³-hybridized carbons (Fsp3) is 0.750. The molecular weight excluding hydrogens is 126 g/mol. The van der Waals surface area contributed by atoms with Gasteiger partial charge in [-0.05, 0) is 6.92 Å². The summed E-state index contributed by atoms with van der Waals surface area (Å²) in [5, 5.41) is 0. The summed E-state index contributed by atoms with van der Waals surface area (Å²) in [6.07, 6.45) is 0.441. The molecule has 0 rings (SSSR count). The van der Waals surface area contributed by atoms with Gasteiger partial charge < -0.3 is 0 Å². The van der Waals surface area contributed by atoms with E-state index in [4.69, 9.17) is 0 Å². The largest absolute Gasteiger partial charge is 0.300 e. The molecule has 0 saturated carbocycles. The number of nitroso groups, excluding NO2 is 1. The van der Waals surface area contributed by atoms with Crippen molar-refractivity contribution in [1.29, 1.82) is 0 Å². The molecule has 0 bridgehead atoms. The minimum Gasteiger partial charge on any atom is -0.300 e. The molecule has 46 valence electrons. The molecule has 0 atom stereocenters. The van der Waals surface area contributed by atoms with E-state index in [9.17, 15) is 9.70 Å². The van der Waals surface area contributed by atoms with Gasteiger partial charge in [0, 0.05) is 28.7 Å². The lowest BCUT2D eigenvalue weighted by Crippen LogP contribution is -1.89. The predicted octanol–water partition coefficient (Wildman–Crippen LogP) is 1.38. The zero-order valence-corrected chi connectivity index (χ0v) is 5.40. The average Bonchev–Trinajstić information content (AvgIpc) is 1.66. The zero-order valence-electron chi connectivity index (χ0n) is 4.59. The fourth-order valence-corrected chi connectivity index (χ4v) is 0.680. The van der Waals surface area contributed by atoms with E-state index in [0.717, 1.165) is 11.9 Å². The third kappa shape index (κ3) is 5.62. The van der Waals surface area contributed by atoms with Gasteiger partial charge in [0.2, 0.25) is 0 Å². The summed E-state index contributed by atoms with van der Waals surface area (Å²) >= 11 is 0.885. The molecule has 0 unspecified atom stereocenters. The van der Waals surface area contributed by atoms with Crippen LogP contribution in [0.4, 0.5) is 0 Å². The number of hydrogen-bond donors (Lipinski definition) is 0. The van der Waals surface area contributed by atoms with Crippen LogP contribution in [0.3, 0.4) is 0 Å². The van der Waals surface area contributed by atoms with Crippen LogP contribution in [-0.2, 0) is 4.79 Å². The van der Waals surface area contributed by atoms with Crippen LogP contribution in [0.15, 0.2) is 4.58 Å². The van der Waals surface area contributed by atoms with Crippen LogP contribution in [0.1, 0.15) is 13.3 Å². The lowest BCUT2D eigenvalue weighted by atomic mass is 10.4. The number of rotatable bonds is 4. The van der Waals surface area contributed by atoms with Crippen LogP contribution in [-0.4, -0.2) is 11.5 Å². The second-order valence-electron chi connectivity index (χ2n) is 1.36. The summed E-state index contributed by atoms with van der Waals surface area (Å²) in [6, 6.07) is 0. The Morgan fingerprint density at radius 1 is 1.75 bits per heavy atom. The summed E-state index contributed by atoms with van der Waals surface area (Å²) in [5.74, 6) is 0.611. The Labute approximate surface area is 51.9 Å². The van der Waals surface area contributed by atoms with E-state index in [1.54, 1.807) is 0 Å². The highest BCUT2D eigenvalue weighted by Crippen LogP contribution is 2.01. The molecule has 0 aromatic rings. The van der Waals surface area contributed by atoms with E-state index in [2.05, 4.69) is 4.58 Å². The Balaban J connectivity index is 2.93. The average molecular weight is 133 g/mol. The highest BCUT2D eigenvalue weighted by molar-refractivity contribution is 7.97. The van der Waals surface area contributed by atoms with Gasteiger partial charge in [-0.1, -0.05) is 0 Å². The fourth-order valence-electron chi connectivity index (χ4n) is 0.227. The molecule has 0 aromatic carbocycles. The maximum Gasteiger partial charge on any atom is 0.130 e. The third-order valence-electron chi connectivity index (χ3n) is 0.598. The minimum absolute atomic E-state index is 0.0983. The Bertz CT molecular complexity index is 94.0. The van der Waals surface area contributed by atoms with Gasteiger partial charge in [-0.3, -0.25) is 4.79 Å². The molecule has 0 aliphatic rings. The van der Waals surface area contributed by atoms with Crippen molar-refractivity contribution in [1.82, 2.24) is 0 Å². The van der Waals surface area contributed by atoms with Gasteiger partial charge >= 0.3 is 0 Å². The molecule has 0 aromatic heterocycles. The van der Waals surface area contributed by atoms with Gasteiger partial charge in [0.1, 0.15) is 5.78 Å². The molecule has 8 heavy (non-hydrogen) atoms. The molecule has 0 fully saturated rings. The van der Waals surface area contributed by atoms with Crippen molar-refractivity contribution >= 4 is 17.7 Å². The summed E-state index contributed by atoms with van der Waals surface area (Å²) in [4.78, 5) is 19.5. The van der Waals surface area contributed by atoms with E-state index < -0.39 is 0 Å². The summed E-state index contributed by atoms with van der Waals surface area (Å²) in [6.45, 7) is 1.49. The number of nitrogens with zero attached hydrogens (tertiary/aromatic N) is 1. The van der Waals surface area contributed by atoms with Crippen molar-refractivity contribution in [2.24, 2.45) is 4.58 Å². The van der Waals surface area contributed by atoms with Gasteiger partial charge in [-0.25, -0.2) is 0 Å². The van der Waals surface area contributed by atoms with E-state index >= 15 is 0 Å². The molecule has 0 aliphatic carbocycles. The normalized spacial score (nSPS) is 8.62. The molecule has 0 amide bonds. The SMILES string of the molecule is CC(=O)CCSN=O. The standard InChI is InChI=1S/C4H7NO2S/c1-4(6)2-3-8-5-7/h2-3H2,1H3. The quantitative estimate of drug-likeness (QED) is 0.330. The molecule has 0 radical (unpaired) electrons. The van der Waals surface area contributed by atoms with Crippen LogP contribution in [0.2, 0.25) is 0 Å². The van der Waals surface area contributed by atoms with E-state index in [1.807, 2.05) is 0 Å². The van der Waals surface area contributed by atoms with Crippen LogP contribution in [0.5, 0.6) is 0 Å². The first-order valence-corrected chi connectivity index (χ1v) is 3.15. The maximum absolute atomic E-state index is 10.2. The van der Waals surface area contributed by atoms with Crippen molar-refractivity contribution < 1.29 is 4.79 Å². The highest BCUT2D eigenvalue weighted by atomic mass is 32.2. The van der Waals surface area contributed by atoms with Crippen LogP contribution in [0.25, 0.3) is 0 Å². The molecule has 0 heterocycles. The Morgan fingerprint density at radius 2 is 2.38 bits per heavy atom. The minimum atomic E-state index is 0.0983. The number of carbonyl (C=O) groups excluding carboxylic acids is 1. The van der Waals surface area contributed by atoms with Crippen molar-refractivity contribution in [3.8, 4) is 0 Å². The Hall–Kier alpha value is -0.380. The van der Waals surface area contributed by atoms with Crippen molar-refractivity contribution in [2.45, 2.75) is 13.3 Å². The molecule has 3 nitrogen and oxygen atoms in total. The molecule has 0 saturated heterocycles. The van der Waals surface area contributed by atoms with Gasteiger partial charge in [0.25, 0.3) is 0 Å². The smallest absolute Gasteiger partial charge is 0.130 e. The molecule has 4 heteroatoms. The maximum atomic E-state index is 10.2.